The fourth-order valence-electron chi connectivity index (χ4n) is 3.27. The van der Waals surface area contributed by atoms with Crippen LogP contribution in [0.1, 0.15) is 19.7 Å². The molecule has 2 N–H and O–H groups in total. The first-order valence-corrected chi connectivity index (χ1v) is 10.3. The van der Waals surface area contributed by atoms with Crippen molar-refractivity contribution in [2.75, 3.05) is 39.9 Å². The summed E-state index contributed by atoms with van der Waals surface area (Å²) in [6.45, 7) is 10.7. The lowest BCUT2D eigenvalue weighted by molar-refractivity contribution is -0.134. The van der Waals surface area contributed by atoms with E-state index >= 15 is 0 Å². The molecule has 170 valence electrons. The predicted octanol–water partition coefficient (Wildman–Crippen LogP) is 1.32. The minimum absolute atomic E-state index is 0.558. The standard InChI is InChI=1S/C17H27N5O.C4H4O4/c1-4-23-11-10-22-16(19-15-6-5-7-18-17(15)22)13-21-9-8-20(3)14(2)12-21;5-3(6)1-2-4(7)8/h5-7,14H,4,8-13H2,1-3H3;1-2H,(H,5,6)(H,7,8)/b;2-1+. The highest BCUT2D eigenvalue weighted by atomic mass is 16.5. The Bertz CT molecular complexity index is 881. The number of fused-ring (bicyclic) bond motifs is 1. The molecule has 1 saturated heterocycles. The third-order valence-corrected chi connectivity index (χ3v) is 5.02. The number of rotatable bonds is 8. The molecule has 31 heavy (non-hydrogen) atoms. The van der Waals surface area contributed by atoms with Gasteiger partial charge in [0.05, 0.1) is 13.2 Å². The highest BCUT2D eigenvalue weighted by Gasteiger charge is 2.22. The van der Waals surface area contributed by atoms with Crippen molar-refractivity contribution < 1.29 is 24.5 Å². The normalized spacial score (nSPS) is 17.6. The van der Waals surface area contributed by atoms with Crippen LogP contribution in [0.5, 0.6) is 0 Å². The van der Waals surface area contributed by atoms with Gasteiger partial charge in [-0.3, -0.25) is 4.90 Å². The van der Waals surface area contributed by atoms with Gasteiger partial charge in [-0.1, -0.05) is 0 Å². The number of aromatic nitrogens is 3. The first-order chi connectivity index (χ1) is 14.8. The number of carboxylic acid groups (broad SMARTS) is 2. The number of nitrogens with zero attached hydrogens (tertiary/aromatic N) is 5. The Hall–Kier alpha value is -2.82. The second kappa shape index (κ2) is 12.1. The number of aliphatic carboxylic acids is 2. The second-order valence-electron chi connectivity index (χ2n) is 7.30. The molecule has 0 amide bonds. The van der Waals surface area contributed by atoms with E-state index < -0.39 is 11.9 Å². The Morgan fingerprint density at radius 2 is 1.97 bits per heavy atom. The SMILES string of the molecule is CCOCCn1c(CN2CCN(C)C(C)C2)nc2cccnc21.O=C(O)/C=C/C(=O)O. The predicted molar refractivity (Wildman–Crippen MR) is 116 cm³/mol. The van der Waals surface area contributed by atoms with E-state index in [0.29, 0.717) is 24.8 Å². The van der Waals surface area contributed by atoms with Gasteiger partial charge in [0.15, 0.2) is 5.65 Å². The first kappa shape index (κ1) is 24.4. The monoisotopic (exact) mass is 433 g/mol. The summed E-state index contributed by atoms with van der Waals surface area (Å²) in [5.41, 5.74) is 1.94. The van der Waals surface area contributed by atoms with Crippen LogP contribution >= 0.6 is 0 Å². The molecule has 2 aromatic rings. The van der Waals surface area contributed by atoms with Gasteiger partial charge in [0.25, 0.3) is 0 Å². The molecule has 0 bridgehead atoms. The summed E-state index contributed by atoms with van der Waals surface area (Å²) in [7, 11) is 2.20. The summed E-state index contributed by atoms with van der Waals surface area (Å²) in [4.78, 5) is 33.3. The van der Waals surface area contributed by atoms with E-state index in [4.69, 9.17) is 19.9 Å². The van der Waals surface area contributed by atoms with E-state index in [1.54, 1.807) is 0 Å². The summed E-state index contributed by atoms with van der Waals surface area (Å²) in [6.07, 6.45) is 2.95. The van der Waals surface area contributed by atoms with Gasteiger partial charge in [-0.15, -0.1) is 0 Å². The number of carboxylic acids is 2. The van der Waals surface area contributed by atoms with E-state index in [2.05, 4.69) is 33.3 Å². The van der Waals surface area contributed by atoms with Crippen molar-refractivity contribution in [1.82, 2.24) is 24.3 Å². The number of piperazine rings is 1. The molecule has 1 atom stereocenters. The maximum Gasteiger partial charge on any atom is 0.328 e. The third kappa shape index (κ3) is 7.74. The molecule has 1 aliphatic heterocycles. The summed E-state index contributed by atoms with van der Waals surface area (Å²) in [6, 6.07) is 4.57. The highest BCUT2D eigenvalue weighted by molar-refractivity contribution is 5.89. The van der Waals surface area contributed by atoms with E-state index in [9.17, 15) is 9.59 Å². The van der Waals surface area contributed by atoms with Crippen LogP contribution in [0.15, 0.2) is 30.5 Å². The third-order valence-electron chi connectivity index (χ3n) is 5.02. The van der Waals surface area contributed by atoms with E-state index in [1.165, 1.54) is 0 Å². The molecule has 10 nitrogen and oxygen atoms in total. The van der Waals surface area contributed by atoms with Crippen molar-refractivity contribution in [1.29, 1.82) is 0 Å². The van der Waals surface area contributed by atoms with Crippen LogP contribution in [0.3, 0.4) is 0 Å². The average molecular weight is 434 g/mol. The zero-order valence-electron chi connectivity index (χ0n) is 18.3. The summed E-state index contributed by atoms with van der Waals surface area (Å²) in [5.74, 6) is -1.42. The van der Waals surface area contributed by atoms with Crippen LogP contribution in [0.4, 0.5) is 0 Å². The number of imidazole rings is 1. The molecule has 3 rings (SSSR count). The van der Waals surface area contributed by atoms with E-state index in [1.807, 2.05) is 25.3 Å². The van der Waals surface area contributed by atoms with Crippen molar-refractivity contribution in [2.24, 2.45) is 0 Å². The van der Waals surface area contributed by atoms with Gasteiger partial charge in [0, 0.05) is 57.2 Å². The Labute approximate surface area is 181 Å². The van der Waals surface area contributed by atoms with Crippen molar-refractivity contribution in [3.8, 4) is 0 Å². The quantitative estimate of drug-likeness (QED) is 0.469. The Morgan fingerprint density at radius 1 is 1.26 bits per heavy atom. The average Bonchev–Trinajstić information content (AvgIpc) is 3.07. The van der Waals surface area contributed by atoms with Crippen molar-refractivity contribution in [3.63, 3.8) is 0 Å². The lowest BCUT2D eigenvalue weighted by Crippen LogP contribution is -2.49. The number of pyridine rings is 1. The summed E-state index contributed by atoms with van der Waals surface area (Å²) in [5, 5.41) is 15.6. The molecule has 1 unspecified atom stereocenters. The minimum atomic E-state index is -1.26. The minimum Gasteiger partial charge on any atom is -0.478 e. The number of hydrogen-bond donors (Lipinski definition) is 2. The van der Waals surface area contributed by atoms with Crippen LogP contribution in [0.25, 0.3) is 11.2 Å². The number of carbonyl (C=O) groups is 2. The Kier molecular flexibility index (Phi) is 9.57. The van der Waals surface area contributed by atoms with E-state index in [0.717, 1.165) is 56.3 Å². The lowest BCUT2D eigenvalue weighted by Gasteiger charge is -2.37. The molecule has 2 aromatic heterocycles. The molecule has 10 heteroatoms. The molecule has 0 saturated carbocycles. The van der Waals surface area contributed by atoms with E-state index in [-0.39, 0.29) is 0 Å². The van der Waals surface area contributed by atoms with Gasteiger partial charge in [-0.2, -0.15) is 0 Å². The molecule has 0 spiro atoms. The lowest BCUT2D eigenvalue weighted by atomic mass is 10.2. The van der Waals surface area contributed by atoms with Gasteiger partial charge in [0.1, 0.15) is 11.3 Å². The molecule has 0 aliphatic carbocycles. The van der Waals surface area contributed by atoms with Crippen molar-refractivity contribution in [2.45, 2.75) is 33.0 Å². The highest BCUT2D eigenvalue weighted by Crippen LogP contribution is 2.17. The molecule has 0 radical (unpaired) electrons. The van der Waals surface area contributed by atoms with Crippen molar-refractivity contribution >= 4 is 23.1 Å². The first-order valence-electron chi connectivity index (χ1n) is 10.3. The molecule has 1 fully saturated rings. The molecule has 3 heterocycles. The van der Waals surface area contributed by atoms with Crippen LogP contribution in [-0.2, 0) is 27.4 Å². The number of hydrogen-bond acceptors (Lipinski definition) is 7. The maximum absolute atomic E-state index is 9.55. The zero-order chi connectivity index (χ0) is 22.8. The van der Waals surface area contributed by atoms with Gasteiger partial charge < -0.3 is 24.4 Å². The van der Waals surface area contributed by atoms with Crippen LogP contribution in [0.2, 0.25) is 0 Å². The van der Waals surface area contributed by atoms with Crippen molar-refractivity contribution in [3.05, 3.63) is 36.3 Å². The topological polar surface area (TPSA) is 121 Å². The number of likely N-dealkylation sites (N-methyl/N-ethyl adjacent to an activating group) is 1. The van der Waals surface area contributed by atoms with Crippen LogP contribution in [0, 0.1) is 0 Å². The van der Waals surface area contributed by atoms with Crippen LogP contribution < -0.4 is 0 Å². The molecule has 1 aliphatic rings. The fraction of sp³-hybridized carbons (Fsp3) is 0.524. The fourth-order valence-corrected chi connectivity index (χ4v) is 3.27. The summed E-state index contributed by atoms with van der Waals surface area (Å²) >= 11 is 0. The Morgan fingerprint density at radius 3 is 2.58 bits per heavy atom. The second-order valence-corrected chi connectivity index (χ2v) is 7.30. The zero-order valence-corrected chi connectivity index (χ0v) is 18.3. The van der Waals surface area contributed by atoms with Gasteiger partial charge in [-0.05, 0) is 33.0 Å². The molecular weight excluding hydrogens is 402 g/mol. The Balaban J connectivity index is 0.000000366. The molecular formula is C21H31N5O5. The smallest absolute Gasteiger partial charge is 0.328 e. The number of ether oxygens (including phenoxy) is 1. The van der Waals surface area contributed by atoms with Crippen LogP contribution in [-0.4, -0.2) is 92.4 Å². The van der Waals surface area contributed by atoms with Gasteiger partial charge in [0.2, 0.25) is 0 Å². The van der Waals surface area contributed by atoms with Gasteiger partial charge in [-0.25, -0.2) is 19.6 Å². The van der Waals surface area contributed by atoms with Gasteiger partial charge >= 0.3 is 11.9 Å². The largest absolute Gasteiger partial charge is 0.478 e. The summed E-state index contributed by atoms with van der Waals surface area (Å²) < 4.78 is 7.75. The maximum atomic E-state index is 9.55. The molecule has 0 aromatic carbocycles.